The zero-order chi connectivity index (χ0) is 14.1. The molecule has 0 radical (unpaired) electrons. The number of Topliss-reactive ketones (excluding diaryl/α,β-unsaturated/α-hetero) is 2. The number of benzene rings is 1. The standard InChI is InChI=1S/C13H15FO4/c1-13(2,3)6-10(16)11(17)7-4-8(14)12(18)9(15)5-7/h4-5,15,18H,6H2,1-3H3. The van der Waals surface area contributed by atoms with Crippen LogP contribution in [0.15, 0.2) is 12.1 Å². The molecule has 18 heavy (non-hydrogen) atoms. The van der Waals surface area contributed by atoms with Gasteiger partial charge in [-0.2, -0.15) is 0 Å². The lowest BCUT2D eigenvalue weighted by Crippen LogP contribution is -2.21. The van der Waals surface area contributed by atoms with Crippen LogP contribution in [0, 0.1) is 11.2 Å². The molecule has 0 saturated heterocycles. The molecule has 5 heteroatoms. The third kappa shape index (κ3) is 3.29. The molecule has 0 bridgehead atoms. The van der Waals surface area contributed by atoms with Gasteiger partial charge in [0.1, 0.15) is 0 Å². The summed E-state index contributed by atoms with van der Waals surface area (Å²) in [6.45, 7) is 5.40. The highest BCUT2D eigenvalue weighted by atomic mass is 19.1. The molecule has 0 unspecified atom stereocenters. The first-order chi connectivity index (χ1) is 8.11. The van der Waals surface area contributed by atoms with Gasteiger partial charge in [-0.25, -0.2) is 4.39 Å². The van der Waals surface area contributed by atoms with Gasteiger partial charge < -0.3 is 10.2 Å². The molecule has 0 amide bonds. The van der Waals surface area contributed by atoms with E-state index in [0.29, 0.717) is 0 Å². The Labute approximate surface area is 104 Å². The van der Waals surface area contributed by atoms with Crippen molar-refractivity contribution in [3.05, 3.63) is 23.5 Å². The molecule has 2 N–H and O–H groups in total. The Morgan fingerprint density at radius 3 is 2.22 bits per heavy atom. The molecule has 98 valence electrons. The number of carbonyl (C=O) groups is 2. The maximum absolute atomic E-state index is 13.1. The van der Waals surface area contributed by atoms with Crippen molar-refractivity contribution in [3.63, 3.8) is 0 Å². The SMILES string of the molecule is CC(C)(C)CC(=O)C(=O)c1cc(O)c(O)c(F)c1. The van der Waals surface area contributed by atoms with Crippen molar-refractivity contribution in [1.29, 1.82) is 0 Å². The number of hydrogen-bond donors (Lipinski definition) is 2. The average molecular weight is 254 g/mol. The van der Waals surface area contributed by atoms with Crippen molar-refractivity contribution in [2.45, 2.75) is 27.2 Å². The fourth-order valence-corrected chi connectivity index (χ4v) is 1.44. The minimum atomic E-state index is -1.14. The van der Waals surface area contributed by atoms with Crippen molar-refractivity contribution in [1.82, 2.24) is 0 Å². The van der Waals surface area contributed by atoms with E-state index in [9.17, 15) is 19.1 Å². The van der Waals surface area contributed by atoms with Crippen molar-refractivity contribution in [3.8, 4) is 11.5 Å². The van der Waals surface area contributed by atoms with Gasteiger partial charge in [-0.15, -0.1) is 0 Å². The van der Waals surface area contributed by atoms with Crippen LogP contribution in [-0.2, 0) is 4.79 Å². The predicted octanol–water partition coefficient (Wildman–Crippen LogP) is 2.42. The third-order valence-corrected chi connectivity index (χ3v) is 2.25. The highest BCUT2D eigenvalue weighted by molar-refractivity contribution is 6.43. The molecule has 0 aromatic heterocycles. The first-order valence-corrected chi connectivity index (χ1v) is 5.41. The molecule has 1 aromatic carbocycles. The molecule has 0 saturated carbocycles. The predicted molar refractivity (Wildman–Crippen MR) is 63.1 cm³/mol. The van der Waals surface area contributed by atoms with Crippen LogP contribution >= 0.6 is 0 Å². The van der Waals surface area contributed by atoms with E-state index in [-0.39, 0.29) is 17.4 Å². The second kappa shape index (κ2) is 4.76. The van der Waals surface area contributed by atoms with E-state index in [0.717, 1.165) is 12.1 Å². The molecule has 0 fully saturated rings. The van der Waals surface area contributed by atoms with Crippen LogP contribution in [0.5, 0.6) is 11.5 Å². The topological polar surface area (TPSA) is 74.6 Å². The number of hydrogen-bond acceptors (Lipinski definition) is 4. The second-order valence-electron chi connectivity index (χ2n) is 5.32. The summed E-state index contributed by atoms with van der Waals surface area (Å²) in [6, 6.07) is 1.61. The van der Waals surface area contributed by atoms with Gasteiger partial charge in [0.2, 0.25) is 11.6 Å². The van der Waals surface area contributed by atoms with Crippen molar-refractivity contribution < 1.29 is 24.2 Å². The Morgan fingerprint density at radius 1 is 1.22 bits per heavy atom. The lowest BCUT2D eigenvalue weighted by atomic mass is 9.87. The van der Waals surface area contributed by atoms with E-state index < -0.39 is 28.9 Å². The lowest BCUT2D eigenvalue weighted by molar-refractivity contribution is -0.116. The molecule has 0 aliphatic carbocycles. The van der Waals surface area contributed by atoms with Gasteiger partial charge in [0, 0.05) is 12.0 Å². The van der Waals surface area contributed by atoms with E-state index in [1.165, 1.54) is 0 Å². The summed E-state index contributed by atoms with van der Waals surface area (Å²) in [5.74, 6) is -4.37. The van der Waals surface area contributed by atoms with Gasteiger partial charge in [-0.3, -0.25) is 9.59 Å². The van der Waals surface area contributed by atoms with Crippen LogP contribution in [0.25, 0.3) is 0 Å². The summed E-state index contributed by atoms with van der Waals surface area (Å²) in [4.78, 5) is 23.4. The number of halogens is 1. The molecule has 1 aromatic rings. The van der Waals surface area contributed by atoms with Gasteiger partial charge in [0.05, 0.1) is 0 Å². The minimum Gasteiger partial charge on any atom is -0.504 e. The monoisotopic (exact) mass is 254 g/mol. The van der Waals surface area contributed by atoms with Crippen LogP contribution in [0.1, 0.15) is 37.6 Å². The average Bonchev–Trinajstić information content (AvgIpc) is 2.21. The summed E-state index contributed by atoms with van der Waals surface area (Å²) in [5, 5.41) is 18.2. The van der Waals surface area contributed by atoms with E-state index in [1.807, 2.05) is 0 Å². The Bertz CT molecular complexity index is 477. The van der Waals surface area contributed by atoms with Crippen molar-refractivity contribution in [2.24, 2.45) is 5.41 Å². The Morgan fingerprint density at radius 2 is 1.78 bits per heavy atom. The Hall–Kier alpha value is -1.91. The zero-order valence-electron chi connectivity index (χ0n) is 10.5. The quantitative estimate of drug-likeness (QED) is 0.493. The number of phenols is 2. The van der Waals surface area contributed by atoms with E-state index in [4.69, 9.17) is 5.11 Å². The molecule has 0 aliphatic rings. The van der Waals surface area contributed by atoms with Crippen molar-refractivity contribution >= 4 is 11.6 Å². The maximum atomic E-state index is 13.1. The highest BCUT2D eigenvalue weighted by Crippen LogP contribution is 2.29. The summed E-state index contributed by atoms with van der Waals surface area (Å²) in [6.07, 6.45) is 0.0229. The summed E-state index contributed by atoms with van der Waals surface area (Å²) >= 11 is 0. The first-order valence-electron chi connectivity index (χ1n) is 5.41. The number of phenolic OH excluding ortho intramolecular Hbond substituents is 2. The number of ketones is 2. The smallest absolute Gasteiger partial charge is 0.228 e. The van der Waals surface area contributed by atoms with Crippen LogP contribution in [0.2, 0.25) is 0 Å². The van der Waals surface area contributed by atoms with Crippen LogP contribution < -0.4 is 0 Å². The molecule has 0 heterocycles. The van der Waals surface area contributed by atoms with Crippen molar-refractivity contribution in [2.75, 3.05) is 0 Å². The molecule has 0 aliphatic heterocycles. The fraction of sp³-hybridized carbons (Fsp3) is 0.385. The normalized spacial score (nSPS) is 11.3. The maximum Gasteiger partial charge on any atom is 0.228 e. The molecule has 0 spiro atoms. The molecule has 4 nitrogen and oxygen atoms in total. The summed E-state index contributed by atoms with van der Waals surface area (Å²) in [7, 11) is 0. The molecular formula is C13H15FO4. The third-order valence-electron chi connectivity index (χ3n) is 2.25. The number of carbonyl (C=O) groups excluding carboxylic acids is 2. The fourth-order valence-electron chi connectivity index (χ4n) is 1.44. The second-order valence-corrected chi connectivity index (χ2v) is 5.32. The number of rotatable bonds is 3. The van der Waals surface area contributed by atoms with E-state index in [1.54, 1.807) is 20.8 Å². The summed E-state index contributed by atoms with van der Waals surface area (Å²) in [5.41, 5.74) is -0.624. The molecule has 0 atom stereocenters. The first kappa shape index (κ1) is 14.2. The van der Waals surface area contributed by atoms with Crippen LogP contribution in [-0.4, -0.2) is 21.8 Å². The number of aromatic hydroxyl groups is 2. The van der Waals surface area contributed by atoms with Gasteiger partial charge in [0.15, 0.2) is 17.3 Å². The Kier molecular flexibility index (Phi) is 3.74. The molecular weight excluding hydrogens is 239 g/mol. The van der Waals surface area contributed by atoms with Gasteiger partial charge in [-0.1, -0.05) is 20.8 Å². The minimum absolute atomic E-state index is 0.0229. The van der Waals surface area contributed by atoms with Crippen LogP contribution in [0.4, 0.5) is 4.39 Å². The van der Waals surface area contributed by atoms with Gasteiger partial charge in [0.25, 0.3) is 0 Å². The van der Waals surface area contributed by atoms with Gasteiger partial charge >= 0.3 is 0 Å². The highest BCUT2D eigenvalue weighted by Gasteiger charge is 2.24. The summed E-state index contributed by atoms with van der Waals surface area (Å²) < 4.78 is 13.1. The molecule has 1 rings (SSSR count). The Balaban J connectivity index is 3.02. The van der Waals surface area contributed by atoms with Gasteiger partial charge in [-0.05, 0) is 17.5 Å². The largest absolute Gasteiger partial charge is 0.504 e. The van der Waals surface area contributed by atoms with Crippen LogP contribution in [0.3, 0.4) is 0 Å². The van der Waals surface area contributed by atoms with E-state index >= 15 is 0 Å². The zero-order valence-corrected chi connectivity index (χ0v) is 10.5. The van der Waals surface area contributed by atoms with E-state index in [2.05, 4.69) is 0 Å². The lowest BCUT2D eigenvalue weighted by Gasteiger charge is -2.16.